The van der Waals surface area contributed by atoms with E-state index in [-0.39, 0.29) is 5.91 Å². The van der Waals surface area contributed by atoms with Crippen LogP contribution in [0.2, 0.25) is 0 Å². The van der Waals surface area contributed by atoms with Gasteiger partial charge >= 0.3 is 0 Å². The molecule has 0 spiro atoms. The second-order valence-electron chi connectivity index (χ2n) is 10.9. The average molecular weight is 519 g/mol. The lowest BCUT2D eigenvalue weighted by molar-refractivity contribution is 0.0954. The molecule has 208 valence electrons. The Kier molecular flexibility index (Phi) is 13.4. The number of para-hydroxylation sites is 1. The minimum atomic E-state index is -0.0210. The Bertz CT molecular complexity index is 1100. The number of nitrogens with zero attached hydrogens (tertiary/aromatic N) is 3. The summed E-state index contributed by atoms with van der Waals surface area (Å²) in [7, 11) is 1.92. The first-order valence-electron chi connectivity index (χ1n) is 15.3. The maximum Gasteiger partial charge on any atom is 0.252 e. The summed E-state index contributed by atoms with van der Waals surface area (Å²) in [5.74, 6) is -0.0210. The molecular weight excluding hydrogens is 468 g/mol. The second-order valence-corrected chi connectivity index (χ2v) is 10.9. The Hall–Kier alpha value is -2.69. The highest BCUT2D eigenvalue weighted by atomic mass is 16.1. The predicted octanol–water partition coefficient (Wildman–Crippen LogP) is 8.94. The quantitative estimate of drug-likeness (QED) is 0.161. The number of aromatic nitrogens is 3. The Morgan fingerprint density at radius 2 is 1.37 bits per heavy atom. The first kappa shape index (κ1) is 29.9. The Morgan fingerprint density at radius 1 is 0.816 bits per heavy atom. The molecule has 0 aliphatic carbocycles. The molecule has 1 aromatic carbocycles. The van der Waals surface area contributed by atoms with Crippen LogP contribution in [0.1, 0.15) is 126 Å². The van der Waals surface area contributed by atoms with Gasteiger partial charge in [-0.1, -0.05) is 121 Å². The molecule has 0 bridgehead atoms. The SMILES string of the molecule is CCCCCCCCCCCCCCCCCCNC(=O)c1cc(-c2cnn(C)c2C)nc2ccccc12. The van der Waals surface area contributed by atoms with E-state index in [0.717, 1.165) is 40.8 Å². The minimum absolute atomic E-state index is 0.0210. The molecule has 0 saturated carbocycles. The van der Waals surface area contributed by atoms with Crippen molar-refractivity contribution in [3.05, 3.63) is 47.8 Å². The third-order valence-electron chi connectivity index (χ3n) is 7.79. The molecule has 5 nitrogen and oxygen atoms in total. The number of pyridine rings is 1. The van der Waals surface area contributed by atoms with Crippen molar-refractivity contribution >= 4 is 16.8 Å². The first-order valence-corrected chi connectivity index (χ1v) is 15.3. The van der Waals surface area contributed by atoms with Crippen LogP contribution in [0.3, 0.4) is 0 Å². The minimum Gasteiger partial charge on any atom is -0.352 e. The third kappa shape index (κ3) is 9.56. The van der Waals surface area contributed by atoms with E-state index in [1.165, 1.54) is 96.3 Å². The summed E-state index contributed by atoms with van der Waals surface area (Å²) in [4.78, 5) is 17.9. The normalized spacial score (nSPS) is 11.3. The van der Waals surface area contributed by atoms with Gasteiger partial charge in [0.05, 0.1) is 23.0 Å². The molecule has 5 heteroatoms. The molecule has 1 amide bonds. The number of unbranched alkanes of at least 4 members (excludes halogenated alkanes) is 15. The topological polar surface area (TPSA) is 59.8 Å². The fourth-order valence-corrected chi connectivity index (χ4v) is 5.22. The van der Waals surface area contributed by atoms with E-state index < -0.39 is 0 Å². The van der Waals surface area contributed by atoms with Crippen LogP contribution in [0.5, 0.6) is 0 Å². The van der Waals surface area contributed by atoms with E-state index in [0.29, 0.717) is 5.56 Å². The smallest absolute Gasteiger partial charge is 0.252 e. The second kappa shape index (κ2) is 17.0. The third-order valence-corrected chi connectivity index (χ3v) is 7.79. The fourth-order valence-electron chi connectivity index (χ4n) is 5.22. The first-order chi connectivity index (χ1) is 18.6. The molecule has 0 unspecified atom stereocenters. The predicted molar refractivity (Wildman–Crippen MR) is 161 cm³/mol. The number of hydrogen-bond acceptors (Lipinski definition) is 3. The summed E-state index contributed by atoms with van der Waals surface area (Å²) in [5.41, 5.74) is 4.31. The van der Waals surface area contributed by atoms with Gasteiger partial charge in [-0.15, -0.1) is 0 Å². The van der Waals surface area contributed by atoms with Crippen molar-refractivity contribution < 1.29 is 4.79 Å². The highest BCUT2D eigenvalue weighted by molar-refractivity contribution is 6.07. The van der Waals surface area contributed by atoms with Gasteiger partial charge in [-0.2, -0.15) is 5.10 Å². The van der Waals surface area contributed by atoms with Crippen LogP contribution in [-0.2, 0) is 7.05 Å². The molecule has 1 N–H and O–H groups in total. The molecule has 0 fully saturated rings. The van der Waals surface area contributed by atoms with E-state index in [1.807, 2.05) is 55.2 Å². The van der Waals surface area contributed by atoms with Gasteiger partial charge in [-0.25, -0.2) is 4.98 Å². The zero-order valence-corrected chi connectivity index (χ0v) is 24.2. The lowest BCUT2D eigenvalue weighted by Crippen LogP contribution is -2.24. The van der Waals surface area contributed by atoms with Crippen molar-refractivity contribution in [1.29, 1.82) is 0 Å². The summed E-state index contributed by atoms with van der Waals surface area (Å²) in [6, 6.07) is 9.79. The van der Waals surface area contributed by atoms with E-state index >= 15 is 0 Å². The van der Waals surface area contributed by atoms with Crippen LogP contribution in [0.4, 0.5) is 0 Å². The van der Waals surface area contributed by atoms with Crippen LogP contribution in [-0.4, -0.2) is 27.2 Å². The van der Waals surface area contributed by atoms with Gasteiger partial charge in [-0.3, -0.25) is 9.48 Å². The molecule has 0 aliphatic rings. The molecule has 0 aliphatic heterocycles. The summed E-state index contributed by atoms with van der Waals surface area (Å²) < 4.78 is 1.84. The molecule has 2 heterocycles. The lowest BCUT2D eigenvalue weighted by Gasteiger charge is -2.10. The molecule has 0 radical (unpaired) electrons. The van der Waals surface area contributed by atoms with Crippen molar-refractivity contribution in [2.24, 2.45) is 7.05 Å². The van der Waals surface area contributed by atoms with Gasteiger partial charge in [0.2, 0.25) is 0 Å². The highest BCUT2D eigenvalue weighted by Crippen LogP contribution is 2.26. The summed E-state index contributed by atoms with van der Waals surface area (Å²) in [6.07, 6.45) is 23.5. The zero-order valence-electron chi connectivity index (χ0n) is 24.2. The molecule has 0 atom stereocenters. The van der Waals surface area contributed by atoms with E-state index in [2.05, 4.69) is 17.3 Å². The molecular formula is C33H50N4O. The van der Waals surface area contributed by atoms with Gasteiger partial charge in [-0.05, 0) is 25.5 Å². The molecule has 0 saturated heterocycles. The summed E-state index contributed by atoms with van der Waals surface area (Å²) in [6.45, 7) is 5.03. The molecule has 3 rings (SSSR count). The zero-order chi connectivity index (χ0) is 27.0. The van der Waals surface area contributed by atoms with Gasteiger partial charge in [0.25, 0.3) is 5.91 Å². The monoisotopic (exact) mass is 518 g/mol. The van der Waals surface area contributed by atoms with E-state index in [4.69, 9.17) is 4.98 Å². The average Bonchev–Trinajstić information content (AvgIpc) is 3.27. The number of carbonyl (C=O) groups excluding carboxylic acids is 1. The number of nitrogens with one attached hydrogen (secondary N) is 1. The molecule has 3 aromatic rings. The fraction of sp³-hybridized carbons (Fsp3) is 0.606. The van der Waals surface area contributed by atoms with Gasteiger partial charge in [0.15, 0.2) is 0 Å². The number of aryl methyl sites for hydroxylation is 1. The van der Waals surface area contributed by atoms with Crippen LogP contribution in [0.25, 0.3) is 22.2 Å². The number of fused-ring (bicyclic) bond motifs is 1. The number of amides is 1. The number of carbonyl (C=O) groups is 1. The highest BCUT2D eigenvalue weighted by Gasteiger charge is 2.16. The van der Waals surface area contributed by atoms with Crippen LogP contribution >= 0.6 is 0 Å². The van der Waals surface area contributed by atoms with Crippen LogP contribution in [0, 0.1) is 6.92 Å². The number of hydrogen-bond donors (Lipinski definition) is 1. The number of rotatable bonds is 19. The molecule has 2 aromatic heterocycles. The van der Waals surface area contributed by atoms with Crippen molar-refractivity contribution in [2.75, 3.05) is 6.54 Å². The van der Waals surface area contributed by atoms with Gasteiger partial charge in [0.1, 0.15) is 0 Å². The Labute approximate surface area is 230 Å². The maximum absolute atomic E-state index is 13.1. The number of benzene rings is 1. The lowest BCUT2D eigenvalue weighted by atomic mass is 10.0. The standard InChI is InChI=1S/C33H50N4O/c1-4-5-6-7-8-9-10-11-12-13-14-15-16-17-18-21-24-34-33(38)29-25-32(30-26-35-37(3)27(30)2)36-31-23-20-19-22-28(29)31/h19-20,22-23,25-26H,4-18,21,24H2,1-3H3,(H,34,38). The van der Waals surface area contributed by atoms with E-state index in [1.54, 1.807) is 0 Å². The van der Waals surface area contributed by atoms with Crippen molar-refractivity contribution in [3.8, 4) is 11.3 Å². The Morgan fingerprint density at radius 3 is 1.92 bits per heavy atom. The van der Waals surface area contributed by atoms with Crippen molar-refractivity contribution in [2.45, 2.75) is 117 Å². The Balaban J connectivity index is 1.30. The van der Waals surface area contributed by atoms with Crippen LogP contribution in [0.15, 0.2) is 36.5 Å². The van der Waals surface area contributed by atoms with Gasteiger partial charge < -0.3 is 5.32 Å². The summed E-state index contributed by atoms with van der Waals surface area (Å²) in [5, 5.41) is 8.39. The largest absolute Gasteiger partial charge is 0.352 e. The van der Waals surface area contributed by atoms with E-state index in [9.17, 15) is 4.79 Å². The summed E-state index contributed by atoms with van der Waals surface area (Å²) >= 11 is 0. The van der Waals surface area contributed by atoms with Crippen molar-refractivity contribution in [1.82, 2.24) is 20.1 Å². The van der Waals surface area contributed by atoms with Crippen molar-refractivity contribution in [3.63, 3.8) is 0 Å². The van der Waals surface area contributed by atoms with Crippen LogP contribution < -0.4 is 5.32 Å². The van der Waals surface area contributed by atoms with Gasteiger partial charge in [0, 0.05) is 30.2 Å². The molecule has 38 heavy (non-hydrogen) atoms. The maximum atomic E-state index is 13.1.